The maximum atomic E-state index is 12.1. The van der Waals surface area contributed by atoms with E-state index in [2.05, 4.69) is 6.07 Å². The predicted octanol–water partition coefficient (Wildman–Crippen LogP) is 1.18. The summed E-state index contributed by atoms with van der Waals surface area (Å²) in [4.78, 5) is 13.8. The number of aliphatic hydroxyl groups is 1. The second-order valence-electron chi connectivity index (χ2n) is 6.48. The van der Waals surface area contributed by atoms with Gasteiger partial charge in [0, 0.05) is 19.1 Å². The Morgan fingerprint density at radius 1 is 1.50 bits per heavy atom. The molecule has 0 aliphatic carbocycles. The van der Waals surface area contributed by atoms with Gasteiger partial charge in [0.05, 0.1) is 20.3 Å². The molecule has 1 N–H and O–H groups in total. The molecular formula is C18H25NO5. The minimum Gasteiger partial charge on any atom is -0.497 e. The molecule has 2 saturated heterocycles. The van der Waals surface area contributed by atoms with Gasteiger partial charge in [-0.2, -0.15) is 0 Å². The van der Waals surface area contributed by atoms with Crippen LogP contribution in [0.5, 0.6) is 5.75 Å². The lowest BCUT2D eigenvalue weighted by Crippen LogP contribution is -2.41. The summed E-state index contributed by atoms with van der Waals surface area (Å²) in [7, 11) is 1.65. The Morgan fingerprint density at radius 2 is 2.33 bits per heavy atom. The van der Waals surface area contributed by atoms with Crippen LogP contribution in [0.4, 0.5) is 0 Å². The third-order valence-corrected chi connectivity index (χ3v) is 4.97. The zero-order chi connectivity index (χ0) is 17.2. The lowest BCUT2D eigenvalue weighted by molar-refractivity contribution is -0.136. The minimum atomic E-state index is -0.671. The molecule has 1 aromatic rings. The van der Waals surface area contributed by atoms with E-state index in [4.69, 9.17) is 14.2 Å². The molecule has 0 bridgehead atoms. The number of benzene rings is 1. The fourth-order valence-corrected chi connectivity index (χ4v) is 3.59. The average Bonchev–Trinajstić information content (AvgIpc) is 3.18. The summed E-state index contributed by atoms with van der Waals surface area (Å²) in [6.45, 7) is 3.67. The molecular weight excluding hydrogens is 310 g/mol. The van der Waals surface area contributed by atoms with Crippen molar-refractivity contribution < 1.29 is 24.1 Å². The van der Waals surface area contributed by atoms with E-state index in [-0.39, 0.29) is 18.4 Å². The second kappa shape index (κ2) is 7.09. The molecule has 132 valence electrons. The molecule has 2 aliphatic rings. The summed E-state index contributed by atoms with van der Waals surface area (Å²) in [5.74, 6) is 0.909. The molecule has 0 aromatic heterocycles. The molecule has 6 heteroatoms. The van der Waals surface area contributed by atoms with Crippen LogP contribution in [0.2, 0.25) is 0 Å². The van der Waals surface area contributed by atoms with Crippen LogP contribution >= 0.6 is 0 Å². The number of hydrogen-bond acceptors (Lipinski definition) is 5. The van der Waals surface area contributed by atoms with Gasteiger partial charge in [-0.25, -0.2) is 0 Å². The van der Waals surface area contributed by atoms with E-state index in [0.29, 0.717) is 32.7 Å². The number of aliphatic hydroxyl groups excluding tert-OH is 1. The Kier molecular flexibility index (Phi) is 5.08. The lowest BCUT2D eigenvalue weighted by atomic mass is 9.87. The number of rotatable bonds is 5. The van der Waals surface area contributed by atoms with Gasteiger partial charge in [0.2, 0.25) is 5.91 Å². The third-order valence-electron chi connectivity index (χ3n) is 4.97. The van der Waals surface area contributed by atoms with Crippen LogP contribution in [0.15, 0.2) is 24.3 Å². The van der Waals surface area contributed by atoms with E-state index in [1.165, 1.54) is 0 Å². The second-order valence-corrected chi connectivity index (χ2v) is 6.48. The standard InChI is InChI=1S/C18H25NO5/c1-3-23-11-17(21)19-9-16(20)18(12-19)8-14(10-24-18)13-5-4-6-15(7-13)22-2/h4-7,14,16,20H,3,8-12H2,1-2H3/t14-,16+,18+/m0/s1. The zero-order valence-corrected chi connectivity index (χ0v) is 14.2. The molecule has 1 aromatic carbocycles. The SMILES string of the molecule is CCOCC(=O)N1C[C@@H](O)[C@@]2(C[C@H](c3cccc(OC)c3)CO2)C1. The van der Waals surface area contributed by atoms with Gasteiger partial charge in [-0.15, -0.1) is 0 Å². The molecule has 3 atom stereocenters. The highest BCUT2D eigenvalue weighted by Gasteiger charge is 2.53. The van der Waals surface area contributed by atoms with E-state index in [1.807, 2.05) is 25.1 Å². The molecule has 1 amide bonds. The van der Waals surface area contributed by atoms with Crippen LogP contribution in [-0.4, -0.2) is 67.6 Å². The molecule has 0 radical (unpaired) electrons. The van der Waals surface area contributed by atoms with Crippen LogP contribution in [0.25, 0.3) is 0 Å². The van der Waals surface area contributed by atoms with Crippen molar-refractivity contribution in [3.8, 4) is 5.75 Å². The fourth-order valence-electron chi connectivity index (χ4n) is 3.59. The number of hydrogen-bond donors (Lipinski definition) is 1. The maximum Gasteiger partial charge on any atom is 0.248 e. The molecule has 0 unspecified atom stereocenters. The summed E-state index contributed by atoms with van der Waals surface area (Å²) in [6.07, 6.45) is 0.0263. The van der Waals surface area contributed by atoms with Gasteiger partial charge in [0.15, 0.2) is 0 Å². The number of β-amino-alcohol motifs (C(OH)–C–C–N with tert-alkyl or cyclic N) is 1. The van der Waals surface area contributed by atoms with Gasteiger partial charge in [-0.3, -0.25) is 4.79 Å². The van der Waals surface area contributed by atoms with E-state index >= 15 is 0 Å². The van der Waals surface area contributed by atoms with Crippen molar-refractivity contribution in [1.82, 2.24) is 4.90 Å². The quantitative estimate of drug-likeness (QED) is 0.875. The lowest BCUT2D eigenvalue weighted by Gasteiger charge is -2.26. The number of amides is 1. The third kappa shape index (κ3) is 3.27. The summed E-state index contributed by atoms with van der Waals surface area (Å²) in [6, 6.07) is 7.93. The van der Waals surface area contributed by atoms with Crippen LogP contribution in [-0.2, 0) is 14.3 Å². The Balaban J connectivity index is 1.68. The molecule has 1 spiro atoms. The number of methoxy groups -OCH3 is 1. The first kappa shape index (κ1) is 17.2. The van der Waals surface area contributed by atoms with Crippen LogP contribution in [0, 0.1) is 0 Å². The summed E-state index contributed by atoms with van der Waals surface area (Å²) in [5, 5.41) is 10.5. The van der Waals surface area contributed by atoms with Gasteiger partial charge in [0.25, 0.3) is 0 Å². The van der Waals surface area contributed by atoms with Gasteiger partial charge in [-0.05, 0) is 31.0 Å². The van der Waals surface area contributed by atoms with E-state index < -0.39 is 11.7 Å². The molecule has 6 nitrogen and oxygen atoms in total. The highest BCUT2D eigenvalue weighted by molar-refractivity contribution is 5.78. The number of ether oxygens (including phenoxy) is 3. The summed E-state index contributed by atoms with van der Waals surface area (Å²) >= 11 is 0. The monoisotopic (exact) mass is 335 g/mol. The van der Waals surface area contributed by atoms with E-state index in [9.17, 15) is 9.90 Å². The first-order valence-corrected chi connectivity index (χ1v) is 8.39. The number of carbonyl (C=O) groups excluding carboxylic acids is 1. The Labute approximate surface area is 142 Å². The Hall–Kier alpha value is -1.63. The van der Waals surface area contributed by atoms with E-state index in [0.717, 1.165) is 11.3 Å². The van der Waals surface area contributed by atoms with Crippen molar-refractivity contribution >= 4 is 5.91 Å². The van der Waals surface area contributed by atoms with Crippen molar-refractivity contribution in [3.05, 3.63) is 29.8 Å². The average molecular weight is 335 g/mol. The van der Waals surface area contributed by atoms with Gasteiger partial charge < -0.3 is 24.2 Å². The molecule has 0 saturated carbocycles. The van der Waals surface area contributed by atoms with Gasteiger partial charge >= 0.3 is 0 Å². The van der Waals surface area contributed by atoms with Crippen molar-refractivity contribution in [1.29, 1.82) is 0 Å². The number of likely N-dealkylation sites (tertiary alicyclic amines) is 1. The maximum absolute atomic E-state index is 12.1. The minimum absolute atomic E-state index is 0.0542. The van der Waals surface area contributed by atoms with Crippen LogP contribution < -0.4 is 4.74 Å². The summed E-state index contributed by atoms with van der Waals surface area (Å²) < 4.78 is 16.5. The normalized spacial score (nSPS) is 29.4. The molecule has 2 heterocycles. The first-order chi connectivity index (χ1) is 11.6. The Bertz CT molecular complexity index is 593. The summed E-state index contributed by atoms with van der Waals surface area (Å²) in [5.41, 5.74) is 0.466. The van der Waals surface area contributed by atoms with Gasteiger partial charge in [-0.1, -0.05) is 12.1 Å². The number of nitrogens with zero attached hydrogens (tertiary/aromatic N) is 1. The molecule has 3 rings (SSSR count). The predicted molar refractivity (Wildman–Crippen MR) is 88.1 cm³/mol. The van der Waals surface area contributed by atoms with Gasteiger partial charge in [0.1, 0.15) is 24.1 Å². The van der Waals surface area contributed by atoms with Crippen molar-refractivity contribution in [2.75, 3.05) is 40.0 Å². The topological polar surface area (TPSA) is 68.2 Å². The molecule has 2 aliphatic heterocycles. The van der Waals surface area contributed by atoms with E-state index in [1.54, 1.807) is 12.0 Å². The largest absolute Gasteiger partial charge is 0.497 e. The number of carbonyl (C=O) groups is 1. The molecule has 24 heavy (non-hydrogen) atoms. The van der Waals surface area contributed by atoms with Crippen molar-refractivity contribution in [2.45, 2.75) is 31.0 Å². The fraction of sp³-hybridized carbons (Fsp3) is 0.611. The van der Waals surface area contributed by atoms with Crippen molar-refractivity contribution in [2.24, 2.45) is 0 Å². The molecule has 2 fully saturated rings. The smallest absolute Gasteiger partial charge is 0.248 e. The Morgan fingerprint density at radius 3 is 3.08 bits per heavy atom. The zero-order valence-electron chi connectivity index (χ0n) is 14.2. The van der Waals surface area contributed by atoms with Crippen molar-refractivity contribution in [3.63, 3.8) is 0 Å². The highest BCUT2D eigenvalue weighted by atomic mass is 16.5. The van der Waals surface area contributed by atoms with Crippen LogP contribution in [0.3, 0.4) is 0 Å². The van der Waals surface area contributed by atoms with Crippen LogP contribution in [0.1, 0.15) is 24.8 Å². The highest BCUT2D eigenvalue weighted by Crippen LogP contribution is 2.42. The first-order valence-electron chi connectivity index (χ1n) is 8.39.